The molecule has 3 aromatic carbocycles. The first-order valence-electron chi connectivity index (χ1n) is 9.47. The zero-order valence-corrected chi connectivity index (χ0v) is 18.0. The van der Waals surface area contributed by atoms with Gasteiger partial charge in [-0.05, 0) is 61.0 Å². The van der Waals surface area contributed by atoms with E-state index in [1.165, 1.54) is 0 Å². The number of para-hydroxylation sites is 1. The topological polar surface area (TPSA) is 59.6 Å². The number of carbonyl (C=O) groups is 1. The Morgan fingerprint density at radius 3 is 2.37 bits per heavy atom. The molecule has 0 unspecified atom stereocenters. The average molecular weight is 445 g/mol. The summed E-state index contributed by atoms with van der Waals surface area (Å²) < 4.78 is 11.4. The molecule has 0 aliphatic rings. The zero-order chi connectivity index (χ0) is 21.3. The molecule has 156 valence electrons. The van der Waals surface area contributed by atoms with Crippen LogP contribution in [-0.4, -0.2) is 19.1 Å². The lowest BCUT2D eigenvalue weighted by atomic mass is 10.2. The minimum Gasteiger partial charge on any atom is -0.490 e. The molecule has 1 amide bonds. The number of amides is 1. The second-order valence-corrected chi connectivity index (χ2v) is 7.24. The third-order valence-electron chi connectivity index (χ3n) is 4.12. The lowest BCUT2D eigenvalue weighted by Crippen LogP contribution is -2.20. The summed E-state index contributed by atoms with van der Waals surface area (Å²) >= 11 is 12.4. The van der Waals surface area contributed by atoms with Crippen LogP contribution in [-0.2, 0) is 11.3 Å². The van der Waals surface area contributed by atoms with Crippen LogP contribution < -0.4 is 20.1 Å². The number of benzene rings is 3. The highest BCUT2D eigenvalue weighted by Crippen LogP contribution is 2.37. The van der Waals surface area contributed by atoms with Crippen molar-refractivity contribution in [3.8, 4) is 11.5 Å². The Balaban J connectivity index is 1.66. The van der Waals surface area contributed by atoms with E-state index in [9.17, 15) is 4.79 Å². The van der Waals surface area contributed by atoms with Crippen molar-refractivity contribution in [1.29, 1.82) is 0 Å². The third-order valence-corrected chi connectivity index (χ3v) is 4.65. The van der Waals surface area contributed by atoms with Gasteiger partial charge >= 0.3 is 0 Å². The van der Waals surface area contributed by atoms with Crippen LogP contribution in [0.4, 0.5) is 11.4 Å². The summed E-state index contributed by atoms with van der Waals surface area (Å²) in [7, 11) is 0. The SMILES string of the molecule is CCOc1cc(CNc2ccc(Cl)cc2)cc(Cl)c1OCC(=O)Nc1ccccc1. The molecule has 5 nitrogen and oxygen atoms in total. The summed E-state index contributed by atoms with van der Waals surface area (Å²) in [5, 5.41) is 7.13. The van der Waals surface area contributed by atoms with Crippen LogP contribution in [0.5, 0.6) is 11.5 Å². The van der Waals surface area contributed by atoms with E-state index < -0.39 is 0 Å². The molecule has 0 aliphatic carbocycles. The maximum Gasteiger partial charge on any atom is 0.262 e. The van der Waals surface area contributed by atoms with Gasteiger partial charge in [0, 0.05) is 22.9 Å². The Morgan fingerprint density at radius 1 is 0.933 bits per heavy atom. The van der Waals surface area contributed by atoms with Crippen LogP contribution in [0.3, 0.4) is 0 Å². The van der Waals surface area contributed by atoms with Crippen molar-refractivity contribution in [2.24, 2.45) is 0 Å². The van der Waals surface area contributed by atoms with Crippen LogP contribution in [0.2, 0.25) is 10.0 Å². The van der Waals surface area contributed by atoms with Gasteiger partial charge in [0.05, 0.1) is 11.6 Å². The van der Waals surface area contributed by atoms with Gasteiger partial charge < -0.3 is 20.1 Å². The van der Waals surface area contributed by atoms with Crippen molar-refractivity contribution in [1.82, 2.24) is 0 Å². The lowest BCUT2D eigenvalue weighted by molar-refractivity contribution is -0.118. The van der Waals surface area contributed by atoms with E-state index in [2.05, 4.69) is 10.6 Å². The Bertz CT molecular complexity index is 980. The second-order valence-electron chi connectivity index (χ2n) is 6.40. The molecular formula is C23H22Cl2N2O3. The highest BCUT2D eigenvalue weighted by Gasteiger charge is 2.14. The predicted molar refractivity (Wildman–Crippen MR) is 122 cm³/mol. The minimum atomic E-state index is -0.284. The fourth-order valence-corrected chi connectivity index (χ4v) is 3.17. The Kier molecular flexibility index (Phi) is 7.82. The van der Waals surface area contributed by atoms with Gasteiger partial charge in [-0.3, -0.25) is 4.79 Å². The molecule has 0 radical (unpaired) electrons. The van der Waals surface area contributed by atoms with E-state index >= 15 is 0 Å². The number of rotatable bonds is 9. The van der Waals surface area contributed by atoms with Crippen LogP contribution in [0, 0.1) is 0 Å². The summed E-state index contributed by atoms with van der Waals surface area (Å²) in [6, 6.07) is 20.3. The standard InChI is InChI=1S/C23H22Cl2N2O3/c1-2-29-21-13-16(14-26-18-10-8-17(24)9-11-18)12-20(25)23(21)30-15-22(28)27-19-6-4-3-5-7-19/h3-13,26H,2,14-15H2,1H3,(H,27,28). The number of carbonyl (C=O) groups excluding carboxylic acids is 1. The molecule has 2 N–H and O–H groups in total. The van der Waals surface area contributed by atoms with Gasteiger partial charge in [0.2, 0.25) is 0 Å². The summed E-state index contributed by atoms with van der Waals surface area (Å²) in [4.78, 5) is 12.2. The van der Waals surface area contributed by atoms with Gasteiger partial charge in [0.15, 0.2) is 18.1 Å². The van der Waals surface area contributed by atoms with Gasteiger partial charge in [-0.1, -0.05) is 41.4 Å². The number of ether oxygens (including phenoxy) is 2. The molecule has 0 fully saturated rings. The predicted octanol–water partition coefficient (Wildman–Crippen LogP) is 6.02. The zero-order valence-electron chi connectivity index (χ0n) is 16.5. The fraction of sp³-hybridized carbons (Fsp3) is 0.174. The molecule has 0 atom stereocenters. The molecule has 0 bridgehead atoms. The molecule has 7 heteroatoms. The first-order valence-corrected chi connectivity index (χ1v) is 10.2. The number of hydrogen-bond acceptors (Lipinski definition) is 4. The quantitative estimate of drug-likeness (QED) is 0.423. The van der Waals surface area contributed by atoms with Crippen LogP contribution in [0.15, 0.2) is 66.7 Å². The maximum absolute atomic E-state index is 12.2. The summed E-state index contributed by atoms with van der Waals surface area (Å²) in [5.74, 6) is 0.551. The molecule has 0 saturated carbocycles. The summed E-state index contributed by atoms with van der Waals surface area (Å²) in [5.41, 5.74) is 2.55. The number of halogens is 2. The van der Waals surface area contributed by atoms with E-state index in [4.69, 9.17) is 32.7 Å². The van der Waals surface area contributed by atoms with Gasteiger partial charge in [0.1, 0.15) is 0 Å². The van der Waals surface area contributed by atoms with E-state index in [1.54, 1.807) is 18.2 Å². The minimum absolute atomic E-state index is 0.183. The molecule has 30 heavy (non-hydrogen) atoms. The van der Waals surface area contributed by atoms with Crippen molar-refractivity contribution >= 4 is 40.5 Å². The first-order chi connectivity index (χ1) is 14.5. The summed E-state index contributed by atoms with van der Waals surface area (Å²) in [6.45, 7) is 2.67. The van der Waals surface area contributed by atoms with Crippen LogP contribution >= 0.6 is 23.2 Å². The molecule has 3 aromatic rings. The Labute approximate surface area is 185 Å². The summed E-state index contributed by atoms with van der Waals surface area (Å²) in [6.07, 6.45) is 0. The highest BCUT2D eigenvalue weighted by molar-refractivity contribution is 6.32. The highest BCUT2D eigenvalue weighted by atomic mass is 35.5. The largest absolute Gasteiger partial charge is 0.490 e. The molecule has 0 spiro atoms. The van der Waals surface area contributed by atoms with E-state index in [0.717, 1.165) is 11.3 Å². The smallest absolute Gasteiger partial charge is 0.262 e. The maximum atomic E-state index is 12.2. The molecule has 0 heterocycles. The Morgan fingerprint density at radius 2 is 1.67 bits per heavy atom. The monoisotopic (exact) mass is 444 g/mol. The van der Waals surface area contributed by atoms with Crippen LogP contribution in [0.25, 0.3) is 0 Å². The number of hydrogen-bond donors (Lipinski definition) is 2. The number of nitrogens with one attached hydrogen (secondary N) is 2. The molecule has 0 saturated heterocycles. The fourth-order valence-electron chi connectivity index (χ4n) is 2.75. The van der Waals surface area contributed by atoms with Crippen molar-refractivity contribution in [3.63, 3.8) is 0 Å². The van der Waals surface area contributed by atoms with Gasteiger partial charge in [-0.25, -0.2) is 0 Å². The second kappa shape index (κ2) is 10.8. The third kappa shape index (κ3) is 6.31. The van der Waals surface area contributed by atoms with Crippen molar-refractivity contribution in [2.75, 3.05) is 23.8 Å². The molecule has 0 aliphatic heterocycles. The van der Waals surface area contributed by atoms with Crippen molar-refractivity contribution in [3.05, 3.63) is 82.3 Å². The van der Waals surface area contributed by atoms with Crippen LogP contribution in [0.1, 0.15) is 12.5 Å². The number of anilines is 2. The van der Waals surface area contributed by atoms with Crippen molar-refractivity contribution < 1.29 is 14.3 Å². The lowest BCUT2D eigenvalue weighted by Gasteiger charge is -2.16. The van der Waals surface area contributed by atoms with Crippen molar-refractivity contribution in [2.45, 2.75) is 13.5 Å². The first kappa shape index (κ1) is 21.8. The van der Waals surface area contributed by atoms with Gasteiger partial charge in [0.25, 0.3) is 5.91 Å². The van der Waals surface area contributed by atoms with Gasteiger partial charge in [-0.2, -0.15) is 0 Å². The van der Waals surface area contributed by atoms with Gasteiger partial charge in [-0.15, -0.1) is 0 Å². The average Bonchev–Trinajstić information content (AvgIpc) is 2.74. The normalized spacial score (nSPS) is 10.4. The molecule has 3 rings (SSSR count). The Hall–Kier alpha value is -2.89. The van der Waals surface area contributed by atoms with E-state index in [0.29, 0.717) is 40.4 Å². The van der Waals surface area contributed by atoms with E-state index in [-0.39, 0.29) is 12.5 Å². The molecule has 0 aromatic heterocycles. The van der Waals surface area contributed by atoms with E-state index in [1.807, 2.05) is 55.5 Å². The molecular weight excluding hydrogens is 423 g/mol.